The van der Waals surface area contributed by atoms with Gasteiger partial charge >= 0.3 is 0 Å². The summed E-state index contributed by atoms with van der Waals surface area (Å²) in [6.45, 7) is 8.90. The lowest BCUT2D eigenvalue weighted by atomic mass is 9.73. The Bertz CT molecular complexity index is 405. The monoisotopic (exact) mass is 198 g/mol. The molecule has 1 atom stereocenters. The van der Waals surface area contributed by atoms with Crippen LogP contribution >= 0.6 is 0 Å². The van der Waals surface area contributed by atoms with E-state index in [-0.39, 0.29) is 0 Å². The van der Waals surface area contributed by atoms with Gasteiger partial charge in [0.25, 0.3) is 0 Å². The highest BCUT2D eigenvalue weighted by molar-refractivity contribution is 6.34. The summed E-state index contributed by atoms with van der Waals surface area (Å²) in [4.78, 5) is 0. The standard InChI is InChI=1S/C14H19B/c1-8-5-6-12-11(4)14(15)10(3)9(2)13(12)7-8/h8H,5-7H2,1-4H3. The molecule has 2 rings (SSSR count). The summed E-state index contributed by atoms with van der Waals surface area (Å²) in [5.41, 5.74) is 8.19. The molecule has 0 amide bonds. The van der Waals surface area contributed by atoms with Crippen molar-refractivity contribution in [1.29, 1.82) is 0 Å². The van der Waals surface area contributed by atoms with Gasteiger partial charge in [-0.25, -0.2) is 0 Å². The molecule has 0 spiro atoms. The fourth-order valence-corrected chi connectivity index (χ4v) is 2.78. The molecule has 1 unspecified atom stereocenters. The minimum absolute atomic E-state index is 0.832. The van der Waals surface area contributed by atoms with Crippen molar-refractivity contribution >= 4 is 13.3 Å². The molecule has 0 aromatic heterocycles. The van der Waals surface area contributed by atoms with Crippen molar-refractivity contribution in [3.05, 3.63) is 27.8 Å². The summed E-state index contributed by atoms with van der Waals surface area (Å²) in [5, 5.41) is 0. The summed E-state index contributed by atoms with van der Waals surface area (Å²) in [6.07, 6.45) is 3.77. The summed E-state index contributed by atoms with van der Waals surface area (Å²) in [7, 11) is 6.14. The Morgan fingerprint density at radius 2 is 1.67 bits per heavy atom. The second kappa shape index (κ2) is 3.70. The predicted molar refractivity (Wildman–Crippen MR) is 67.2 cm³/mol. The molecule has 1 aliphatic carbocycles. The molecule has 0 aliphatic heterocycles. The lowest BCUT2D eigenvalue weighted by molar-refractivity contribution is 0.498. The summed E-state index contributed by atoms with van der Waals surface area (Å²) >= 11 is 0. The third kappa shape index (κ3) is 1.62. The van der Waals surface area contributed by atoms with Crippen LogP contribution < -0.4 is 5.46 Å². The molecule has 0 saturated carbocycles. The van der Waals surface area contributed by atoms with E-state index in [1.165, 1.54) is 41.5 Å². The molecule has 0 bridgehead atoms. The highest BCUT2D eigenvalue weighted by Gasteiger charge is 2.20. The lowest BCUT2D eigenvalue weighted by Gasteiger charge is -2.28. The van der Waals surface area contributed by atoms with Gasteiger partial charge in [-0.1, -0.05) is 23.5 Å². The number of hydrogen-bond donors (Lipinski definition) is 0. The quantitative estimate of drug-likeness (QED) is 0.562. The number of benzene rings is 1. The fraction of sp³-hybridized carbons (Fsp3) is 0.571. The molecule has 1 aromatic carbocycles. The average Bonchev–Trinajstić information content (AvgIpc) is 2.23. The van der Waals surface area contributed by atoms with E-state index in [0.29, 0.717) is 0 Å². The number of rotatable bonds is 0. The highest BCUT2D eigenvalue weighted by Crippen LogP contribution is 2.30. The third-order valence-corrected chi connectivity index (χ3v) is 4.08. The van der Waals surface area contributed by atoms with Crippen molar-refractivity contribution in [3.63, 3.8) is 0 Å². The Kier molecular flexibility index (Phi) is 2.66. The number of fused-ring (bicyclic) bond motifs is 1. The molecule has 1 heteroatoms. The molecule has 0 saturated heterocycles. The molecule has 0 nitrogen and oxygen atoms in total. The molecule has 0 heterocycles. The molecule has 1 aromatic rings. The van der Waals surface area contributed by atoms with E-state index < -0.39 is 0 Å². The maximum absolute atomic E-state index is 6.14. The Balaban J connectivity index is 2.65. The molecule has 15 heavy (non-hydrogen) atoms. The lowest BCUT2D eigenvalue weighted by Crippen LogP contribution is -2.23. The Morgan fingerprint density at radius 1 is 1.00 bits per heavy atom. The van der Waals surface area contributed by atoms with Gasteiger partial charge in [0.05, 0.1) is 0 Å². The van der Waals surface area contributed by atoms with Crippen LogP contribution in [0.4, 0.5) is 0 Å². The Hall–Kier alpha value is -0.715. The van der Waals surface area contributed by atoms with Crippen LogP contribution in [0.2, 0.25) is 0 Å². The molecule has 0 fully saturated rings. The first kappa shape index (κ1) is 10.8. The van der Waals surface area contributed by atoms with Crippen LogP contribution in [0.5, 0.6) is 0 Å². The van der Waals surface area contributed by atoms with E-state index in [2.05, 4.69) is 27.7 Å². The van der Waals surface area contributed by atoms with Crippen molar-refractivity contribution in [3.8, 4) is 0 Å². The second-order valence-electron chi connectivity index (χ2n) is 5.09. The van der Waals surface area contributed by atoms with Gasteiger partial charge in [-0.2, -0.15) is 0 Å². The van der Waals surface area contributed by atoms with Crippen LogP contribution in [0.3, 0.4) is 0 Å². The zero-order chi connectivity index (χ0) is 11.2. The zero-order valence-corrected chi connectivity index (χ0v) is 10.3. The molecule has 1 aliphatic rings. The van der Waals surface area contributed by atoms with Gasteiger partial charge in [-0.15, -0.1) is 0 Å². The van der Waals surface area contributed by atoms with Gasteiger partial charge in [0, 0.05) is 0 Å². The molecule has 2 radical (unpaired) electrons. The normalized spacial score (nSPS) is 20.1. The van der Waals surface area contributed by atoms with Crippen LogP contribution in [-0.4, -0.2) is 7.85 Å². The van der Waals surface area contributed by atoms with Crippen LogP contribution in [0.25, 0.3) is 0 Å². The SMILES string of the molecule is [B]c1c(C)c(C)c2c(c1C)CCC(C)C2. The molecular weight excluding hydrogens is 179 g/mol. The third-order valence-electron chi connectivity index (χ3n) is 4.08. The van der Waals surface area contributed by atoms with Gasteiger partial charge in [0.1, 0.15) is 7.85 Å². The van der Waals surface area contributed by atoms with E-state index in [1.54, 1.807) is 5.56 Å². The summed E-state index contributed by atoms with van der Waals surface area (Å²) in [5.74, 6) is 0.832. The zero-order valence-electron chi connectivity index (χ0n) is 10.3. The van der Waals surface area contributed by atoms with Gasteiger partial charge in [0.2, 0.25) is 0 Å². The van der Waals surface area contributed by atoms with E-state index in [1.807, 2.05) is 0 Å². The first-order chi connectivity index (χ1) is 7.02. The van der Waals surface area contributed by atoms with Crippen molar-refractivity contribution in [2.75, 3.05) is 0 Å². The first-order valence-corrected chi connectivity index (χ1v) is 5.89. The van der Waals surface area contributed by atoms with Crippen molar-refractivity contribution < 1.29 is 0 Å². The molecule has 78 valence electrons. The van der Waals surface area contributed by atoms with Crippen LogP contribution in [0, 0.1) is 26.7 Å². The van der Waals surface area contributed by atoms with E-state index >= 15 is 0 Å². The fourth-order valence-electron chi connectivity index (χ4n) is 2.78. The highest BCUT2D eigenvalue weighted by atomic mass is 14.2. The largest absolute Gasteiger partial charge is 0.114 e. The Morgan fingerprint density at radius 3 is 2.33 bits per heavy atom. The van der Waals surface area contributed by atoms with Crippen molar-refractivity contribution in [2.24, 2.45) is 5.92 Å². The van der Waals surface area contributed by atoms with Gasteiger partial charge in [0.15, 0.2) is 0 Å². The van der Waals surface area contributed by atoms with E-state index in [9.17, 15) is 0 Å². The van der Waals surface area contributed by atoms with Crippen LogP contribution in [-0.2, 0) is 12.8 Å². The van der Waals surface area contributed by atoms with Crippen LogP contribution in [0.15, 0.2) is 0 Å². The smallest absolute Gasteiger partial charge is 0.0904 e. The van der Waals surface area contributed by atoms with Gasteiger partial charge in [-0.3, -0.25) is 0 Å². The van der Waals surface area contributed by atoms with Gasteiger partial charge < -0.3 is 0 Å². The Labute approximate surface area is 94.5 Å². The van der Waals surface area contributed by atoms with Crippen LogP contribution in [0.1, 0.15) is 41.2 Å². The minimum atomic E-state index is 0.832. The predicted octanol–water partition coefficient (Wildman–Crippen LogP) is 2.53. The summed E-state index contributed by atoms with van der Waals surface area (Å²) in [6, 6.07) is 0. The van der Waals surface area contributed by atoms with E-state index in [4.69, 9.17) is 7.85 Å². The van der Waals surface area contributed by atoms with E-state index in [0.717, 1.165) is 11.4 Å². The summed E-state index contributed by atoms with van der Waals surface area (Å²) < 4.78 is 0. The second-order valence-corrected chi connectivity index (χ2v) is 5.09. The van der Waals surface area contributed by atoms with Crippen molar-refractivity contribution in [2.45, 2.75) is 47.0 Å². The van der Waals surface area contributed by atoms with Gasteiger partial charge in [-0.05, 0) is 62.6 Å². The maximum atomic E-state index is 6.14. The van der Waals surface area contributed by atoms with Crippen molar-refractivity contribution in [1.82, 2.24) is 0 Å². The average molecular weight is 198 g/mol. The maximum Gasteiger partial charge on any atom is 0.114 e. The minimum Gasteiger partial charge on any atom is -0.0904 e. The number of hydrogen-bond acceptors (Lipinski definition) is 0. The molecule has 0 N–H and O–H groups in total. The molecular formula is C14H19B. The topological polar surface area (TPSA) is 0 Å². The first-order valence-electron chi connectivity index (χ1n) is 5.89.